The van der Waals surface area contributed by atoms with Crippen molar-refractivity contribution in [3.63, 3.8) is 0 Å². The number of carbonyl (C=O) groups excluding carboxylic acids is 2. The van der Waals surface area contributed by atoms with Crippen LogP contribution in [0, 0.1) is 18.8 Å². The molecule has 0 bridgehead atoms. The van der Waals surface area contributed by atoms with Crippen molar-refractivity contribution in [1.82, 2.24) is 9.80 Å². The van der Waals surface area contributed by atoms with Crippen LogP contribution in [0.2, 0.25) is 5.02 Å². The number of nitrogens with one attached hydrogen (secondary N) is 1. The van der Waals surface area contributed by atoms with E-state index in [4.69, 9.17) is 16.3 Å². The summed E-state index contributed by atoms with van der Waals surface area (Å²) in [5.41, 5.74) is 2.38. The van der Waals surface area contributed by atoms with Crippen LogP contribution in [0.4, 0.5) is 5.69 Å². The highest BCUT2D eigenvalue weighted by Gasteiger charge is 2.42. The lowest BCUT2D eigenvalue weighted by molar-refractivity contribution is -0.116. The summed E-state index contributed by atoms with van der Waals surface area (Å²) in [5, 5.41) is 7.30. The maximum Gasteiger partial charge on any atom is 0.258 e. The summed E-state index contributed by atoms with van der Waals surface area (Å²) in [6.07, 6.45) is 0.444. The minimum atomic E-state index is -0.00617. The molecular formula is C22H26ClN3O3S. The minimum Gasteiger partial charge on any atom is -0.495 e. The van der Waals surface area contributed by atoms with Crippen molar-refractivity contribution in [2.24, 2.45) is 11.8 Å². The Bertz CT molecular complexity index is 933. The fourth-order valence-electron chi connectivity index (χ4n) is 4.36. The number of likely N-dealkylation sites (tertiary alicyclic amines) is 2. The van der Waals surface area contributed by atoms with Crippen molar-refractivity contribution in [3.05, 3.63) is 45.1 Å². The molecule has 0 aliphatic carbocycles. The number of halogens is 1. The molecule has 2 aliphatic rings. The van der Waals surface area contributed by atoms with Gasteiger partial charge in [-0.1, -0.05) is 17.7 Å². The van der Waals surface area contributed by atoms with Gasteiger partial charge in [0.05, 0.1) is 12.7 Å². The van der Waals surface area contributed by atoms with Crippen LogP contribution in [-0.2, 0) is 4.79 Å². The molecule has 0 saturated carbocycles. The van der Waals surface area contributed by atoms with E-state index in [-0.39, 0.29) is 11.8 Å². The fourth-order valence-corrected chi connectivity index (χ4v) is 5.31. The molecule has 1 N–H and O–H groups in total. The van der Waals surface area contributed by atoms with Gasteiger partial charge in [0, 0.05) is 60.6 Å². The fraction of sp³-hybridized carbons (Fsp3) is 0.455. The molecule has 1 aromatic carbocycles. The van der Waals surface area contributed by atoms with Crippen molar-refractivity contribution >= 4 is 40.4 Å². The number of benzene rings is 1. The average Bonchev–Trinajstić information content (AvgIpc) is 3.43. The van der Waals surface area contributed by atoms with Crippen LogP contribution in [0.3, 0.4) is 0 Å². The summed E-state index contributed by atoms with van der Waals surface area (Å²) in [6, 6.07) is 5.55. The van der Waals surface area contributed by atoms with Gasteiger partial charge < -0.3 is 19.9 Å². The predicted octanol–water partition coefficient (Wildman–Crippen LogP) is 3.75. The number of hydrogen-bond donors (Lipinski definition) is 1. The Hall–Kier alpha value is -2.09. The molecule has 8 heteroatoms. The topological polar surface area (TPSA) is 61.9 Å². The van der Waals surface area contributed by atoms with E-state index < -0.39 is 0 Å². The highest BCUT2D eigenvalue weighted by Crippen LogP contribution is 2.34. The van der Waals surface area contributed by atoms with E-state index >= 15 is 0 Å². The van der Waals surface area contributed by atoms with Crippen LogP contribution in [0.5, 0.6) is 5.75 Å². The molecule has 1 aromatic heterocycles. The Morgan fingerprint density at radius 1 is 1.20 bits per heavy atom. The van der Waals surface area contributed by atoms with Gasteiger partial charge >= 0.3 is 0 Å². The largest absolute Gasteiger partial charge is 0.495 e. The molecule has 0 radical (unpaired) electrons. The summed E-state index contributed by atoms with van der Waals surface area (Å²) in [4.78, 5) is 29.4. The van der Waals surface area contributed by atoms with Gasteiger partial charge in [0.1, 0.15) is 5.75 Å². The molecular weight excluding hydrogens is 422 g/mol. The highest BCUT2D eigenvalue weighted by atomic mass is 35.5. The number of fused-ring (bicyclic) bond motifs is 1. The Morgan fingerprint density at radius 3 is 2.60 bits per heavy atom. The van der Waals surface area contributed by atoms with Gasteiger partial charge in [-0.3, -0.25) is 9.59 Å². The zero-order valence-electron chi connectivity index (χ0n) is 17.2. The predicted molar refractivity (Wildman–Crippen MR) is 120 cm³/mol. The van der Waals surface area contributed by atoms with E-state index in [0.717, 1.165) is 44.0 Å². The second-order valence-corrected chi connectivity index (χ2v) is 9.26. The normalized spacial score (nSPS) is 21.0. The number of aryl methyl sites for hydroxylation is 1. The number of thiophene rings is 1. The Labute approximate surface area is 185 Å². The van der Waals surface area contributed by atoms with Crippen LogP contribution in [-0.4, -0.2) is 61.4 Å². The Morgan fingerprint density at radius 2 is 1.93 bits per heavy atom. The van der Waals surface area contributed by atoms with E-state index in [9.17, 15) is 9.59 Å². The van der Waals surface area contributed by atoms with Gasteiger partial charge in [0.2, 0.25) is 5.91 Å². The summed E-state index contributed by atoms with van der Waals surface area (Å²) in [6.45, 7) is 6.06. The first-order chi connectivity index (χ1) is 14.4. The van der Waals surface area contributed by atoms with E-state index in [1.165, 1.54) is 11.3 Å². The lowest BCUT2D eigenvalue weighted by atomic mass is 10.0. The molecule has 0 spiro atoms. The SMILES string of the molecule is COc1cscc1C(=O)N1CC2CN(CCC(=O)Nc3ccc(C)c(Cl)c3)CC2C1. The van der Waals surface area contributed by atoms with Gasteiger partial charge in [-0.2, -0.15) is 0 Å². The van der Waals surface area contributed by atoms with Crippen LogP contribution in [0.25, 0.3) is 0 Å². The first kappa shape index (κ1) is 21.2. The molecule has 2 atom stereocenters. The first-order valence-corrected chi connectivity index (χ1v) is 11.4. The van der Waals surface area contributed by atoms with Gasteiger partial charge in [0.15, 0.2) is 0 Å². The second-order valence-electron chi connectivity index (χ2n) is 8.11. The first-order valence-electron chi connectivity index (χ1n) is 10.1. The molecule has 3 heterocycles. The van der Waals surface area contributed by atoms with Crippen molar-refractivity contribution in [3.8, 4) is 5.75 Å². The summed E-state index contributed by atoms with van der Waals surface area (Å²) < 4.78 is 5.30. The molecule has 30 heavy (non-hydrogen) atoms. The summed E-state index contributed by atoms with van der Waals surface area (Å²) in [5.74, 6) is 1.65. The number of hydrogen-bond acceptors (Lipinski definition) is 5. The van der Waals surface area contributed by atoms with Crippen LogP contribution >= 0.6 is 22.9 Å². The van der Waals surface area contributed by atoms with Crippen molar-refractivity contribution in [1.29, 1.82) is 0 Å². The number of carbonyl (C=O) groups is 2. The lowest BCUT2D eigenvalue weighted by Gasteiger charge is -2.21. The van der Waals surface area contributed by atoms with Crippen LogP contribution in [0.1, 0.15) is 22.3 Å². The maximum absolute atomic E-state index is 12.8. The van der Waals surface area contributed by atoms with E-state index in [1.54, 1.807) is 13.2 Å². The third-order valence-corrected chi connectivity index (χ3v) is 7.17. The molecule has 6 nitrogen and oxygen atoms in total. The molecule has 2 unspecified atom stereocenters. The number of anilines is 1. The summed E-state index contributed by atoms with van der Waals surface area (Å²) in [7, 11) is 1.60. The average molecular weight is 448 g/mol. The van der Waals surface area contributed by atoms with Crippen LogP contribution in [0.15, 0.2) is 29.0 Å². The van der Waals surface area contributed by atoms with Gasteiger partial charge in [-0.25, -0.2) is 0 Å². The molecule has 2 amide bonds. The van der Waals surface area contributed by atoms with Crippen molar-refractivity contribution in [2.45, 2.75) is 13.3 Å². The molecule has 2 aliphatic heterocycles. The van der Waals surface area contributed by atoms with Crippen molar-refractivity contribution in [2.75, 3.05) is 45.2 Å². The third kappa shape index (κ3) is 4.48. The van der Waals surface area contributed by atoms with Crippen LogP contribution < -0.4 is 10.1 Å². The van der Waals surface area contributed by atoms with Gasteiger partial charge in [-0.15, -0.1) is 11.3 Å². The Kier molecular flexibility index (Phi) is 6.32. The monoisotopic (exact) mass is 447 g/mol. The number of rotatable bonds is 6. The minimum absolute atomic E-state index is 0.00617. The maximum atomic E-state index is 12.8. The number of amides is 2. The Balaban J connectivity index is 1.24. The standard InChI is InChI=1S/C22H26ClN3O3S/c1-14-3-4-17(7-19(14)23)24-21(27)5-6-25-8-15-10-26(11-16(15)9-25)22(28)18-12-30-13-20(18)29-2/h3-4,7,12-13,15-16H,5-6,8-11H2,1-2H3,(H,24,27). The van der Waals surface area contributed by atoms with Crippen molar-refractivity contribution < 1.29 is 14.3 Å². The summed E-state index contributed by atoms with van der Waals surface area (Å²) >= 11 is 7.61. The van der Waals surface area contributed by atoms with E-state index in [1.807, 2.05) is 34.7 Å². The number of methoxy groups -OCH3 is 1. The van der Waals surface area contributed by atoms with E-state index in [2.05, 4.69) is 10.2 Å². The molecule has 4 rings (SSSR count). The highest BCUT2D eigenvalue weighted by molar-refractivity contribution is 7.08. The third-order valence-electron chi connectivity index (χ3n) is 6.04. The lowest BCUT2D eigenvalue weighted by Crippen LogP contribution is -2.34. The second kappa shape index (κ2) is 8.96. The quantitative estimate of drug-likeness (QED) is 0.732. The molecule has 2 fully saturated rings. The number of ether oxygens (including phenoxy) is 1. The molecule has 160 valence electrons. The smallest absolute Gasteiger partial charge is 0.258 e. The zero-order valence-corrected chi connectivity index (χ0v) is 18.8. The van der Waals surface area contributed by atoms with Gasteiger partial charge in [0.25, 0.3) is 5.91 Å². The van der Waals surface area contributed by atoms with Gasteiger partial charge in [-0.05, 0) is 36.5 Å². The zero-order chi connectivity index (χ0) is 21.3. The molecule has 2 aromatic rings. The number of nitrogens with zero attached hydrogens (tertiary/aromatic N) is 2. The molecule has 2 saturated heterocycles. The van der Waals surface area contributed by atoms with E-state index in [0.29, 0.717) is 34.6 Å².